The average molecular weight is 454 g/mol. The van der Waals surface area contributed by atoms with Gasteiger partial charge in [0.1, 0.15) is 0 Å². The van der Waals surface area contributed by atoms with Crippen molar-refractivity contribution >= 4 is 43.1 Å². The van der Waals surface area contributed by atoms with Gasteiger partial charge in [-0.2, -0.15) is 0 Å². The highest BCUT2D eigenvalue weighted by atomic mass is 35.5. The fraction of sp³-hybridized carbons (Fsp3) is 0.700. The van der Waals surface area contributed by atoms with Crippen molar-refractivity contribution in [1.29, 1.82) is 0 Å². The van der Waals surface area contributed by atoms with Crippen LogP contribution >= 0.6 is 37.2 Å². The molecule has 0 aromatic carbocycles. The van der Waals surface area contributed by atoms with Crippen molar-refractivity contribution in [3.05, 3.63) is 30.1 Å². The number of piperidine rings is 1. The van der Waals surface area contributed by atoms with E-state index in [0.717, 1.165) is 39.3 Å². The van der Waals surface area contributed by atoms with Gasteiger partial charge in [-0.05, 0) is 56.3 Å². The van der Waals surface area contributed by atoms with Crippen LogP contribution in [-0.2, 0) is 4.79 Å². The molecule has 1 amide bonds. The summed E-state index contributed by atoms with van der Waals surface area (Å²) in [5, 5.41) is 3.41. The normalized spacial score (nSPS) is 20.1. The van der Waals surface area contributed by atoms with Crippen LogP contribution in [0.1, 0.15) is 44.7 Å². The molecule has 2 aliphatic rings. The first-order chi connectivity index (χ1) is 12.1. The number of hydrogen-bond acceptors (Lipinski definition) is 4. The lowest BCUT2D eigenvalue weighted by atomic mass is 9.84. The van der Waals surface area contributed by atoms with E-state index in [4.69, 9.17) is 0 Å². The smallest absolute Gasteiger partial charge is 0.222 e. The van der Waals surface area contributed by atoms with Crippen LogP contribution in [0, 0.1) is 11.8 Å². The Balaban J connectivity index is 0.00000243. The van der Waals surface area contributed by atoms with Gasteiger partial charge in [-0.25, -0.2) is 0 Å². The Morgan fingerprint density at radius 2 is 1.79 bits per heavy atom. The standard InChI is InChI=1S/C20H32N4O.3ClH/c1-16(18-5-8-21-9-6-18)14-20(25)24-12-10-23(11-13-24)17(2)19-4-3-7-22-15-19;;;/h3-4,7,15-18,21H,5-6,8-14H2,1-2H3;3*1H. The molecule has 3 heterocycles. The molecule has 2 fully saturated rings. The van der Waals surface area contributed by atoms with Gasteiger partial charge in [0, 0.05) is 51.0 Å². The van der Waals surface area contributed by atoms with Gasteiger partial charge in [-0.1, -0.05) is 13.0 Å². The SMILES string of the molecule is CC(CC(=O)N1CCN(C(C)c2cccnc2)CC1)C1CCNCC1.Cl.Cl.Cl. The van der Waals surface area contributed by atoms with E-state index in [0.29, 0.717) is 30.2 Å². The second kappa shape index (κ2) is 13.6. The second-order valence-electron chi connectivity index (χ2n) is 7.65. The van der Waals surface area contributed by atoms with E-state index >= 15 is 0 Å². The van der Waals surface area contributed by atoms with Crippen molar-refractivity contribution in [1.82, 2.24) is 20.1 Å². The minimum atomic E-state index is 0. The molecule has 2 atom stereocenters. The van der Waals surface area contributed by atoms with Gasteiger partial charge in [-0.3, -0.25) is 14.7 Å². The topological polar surface area (TPSA) is 48.5 Å². The number of rotatable bonds is 5. The highest BCUT2D eigenvalue weighted by Crippen LogP contribution is 2.26. The summed E-state index contributed by atoms with van der Waals surface area (Å²) in [7, 11) is 0. The van der Waals surface area contributed by atoms with E-state index in [1.807, 2.05) is 18.5 Å². The number of nitrogens with one attached hydrogen (secondary N) is 1. The molecule has 0 aliphatic carbocycles. The summed E-state index contributed by atoms with van der Waals surface area (Å²) in [6.45, 7) is 10.3. The maximum Gasteiger partial charge on any atom is 0.222 e. The molecule has 5 nitrogen and oxygen atoms in total. The van der Waals surface area contributed by atoms with Gasteiger partial charge < -0.3 is 10.2 Å². The quantitative estimate of drug-likeness (QED) is 0.740. The summed E-state index contributed by atoms with van der Waals surface area (Å²) in [4.78, 5) is 21.4. The van der Waals surface area contributed by atoms with E-state index in [2.05, 4.69) is 40.0 Å². The zero-order chi connectivity index (χ0) is 17.6. The van der Waals surface area contributed by atoms with Crippen LogP contribution in [0.3, 0.4) is 0 Å². The van der Waals surface area contributed by atoms with Gasteiger partial charge in [0.05, 0.1) is 0 Å². The number of aromatic nitrogens is 1. The van der Waals surface area contributed by atoms with Crippen molar-refractivity contribution < 1.29 is 4.79 Å². The van der Waals surface area contributed by atoms with Crippen LogP contribution in [0.15, 0.2) is 24.5 Å². The lowest BCUT2D eigenvalue weighted by molar-refractivity contribution is -0.134. The van der Waals surface area contributed by atoms with Gasteiger partial charge in [0.15, 0.2) is 0 Å². The third kappa shape index (κ3) is 7.34. The number of hydrogen-bond donors (Lipinski definition) is 1. The van der Waals surface area contributed by atoms with Crippen LogP contribution < -0.4 is 5.32 Å². The van der Waals surface area contributed by atoms with E-state index < -0.39 is 0 Å². The average Bonchev–Trinajstić information content (AvgIpc) is 2.69. The Labute approximate surface area is 188 Å². The third-order valence-electron chi connectivity index (χ3n) is 6.07. The molecule has 162 valence electrons. The van der Waals surface area contributed by atoms with E-state index in [1.54, 1.807) is 0 Å². The van der Waals surface area contributed by atoms with Crippen molar-refractivity contribution in [2.24, 2.45) is 11.8 Å². The Morgan fingerprint density at radius 1 is 1.14 bits per heavy atom. The molecule has 8 heteroatoms. The fourth-order valence-corrected chi connectivity index (χ4v) is 4.18. The van der Waals surface area contributed by atoms with E-state index in [1.165, 1.54) is 18.4 Å². The first kappa shape index (κ1) is 27.4. The lowest BCUT2D eigenvalue weighted by Crippen LogP contribution is -2.49. The lowest BCUT2D eigenvalue weighted by Gasteiger charge is -2.39. The van der Waals surface area contributed by atoms with Gasteiger partial charge in [-0.15, -0.1) is 37.2 Å². The Kier molecular flexibility index (Phi) is 13.3. The fourth-order valence-electron chi connectivity index (χ4n) is 4.18. The van der Waals surface area contributed by atoms with Crippen molar-refractivity contribution in [3.8, 4) is 0 Å². The third-order valence-corrected chi connectivity index (χ3v) is 6.07. The maximum absolute atomic E-state index is 12.7. The summed E-state index contributed by atoms with van der Waals surface area (Å²) < 4.78 is 0. The maximum atomic E-state index is 12.7. The molecular weight excluding hydrogens is 419 g/mol. The molecule has 0 bridgehead atoms. The van der Waals surface area contributed by atoms with Crippen LogP contribution in [-0.4, -0.2) is 60.0 Å². The molecule has 28 heavy (non-hydrogen) atoms. The molecular formula is C20H35Cl3N4O. The molecule has 0 spiro atoms. The monoisotopic (exact) mass is 452 g/mol. The molecule has 2 aliphatic heterocycles. The van der Waals surface area contributed by atoms with Crippen LogP contribution in [0.5, 0.6) is 0 Å². The van der Waals surface area contributed by atoms with Crippen LogP contribution in [0.4, 0.5) is 0 Å². The molecule has 0 saturated carbocycles. The summed E-state index contributed by atoms with van der Waals surface area (Å²) in [5.74, 6) is 1.55. The van der Waals surface area contributed by atoms with Crippen molar-refractivity contribution in [3.63, 3.8) is 0 Å². The number of halogens is 3. The molecule has 2 saturated heterocycles. The zero-order valence-corrected chi connectivity index (χ0v) is 19.3. The summed E-state index contributed by atoms with van der Waals surface area (Å²) in [5.41, 5.74) is 1.25. The second-order valence-corrected chi connectivity index (χ2v) is 7.65. The predicted molar refractivity (Wildman–Crippen MR) is 122 cm³/mol. The van der Waals surface area contributed by atoms with Crippen LogP contribution in [0.25, 0.3) is 0 Å². The predicted octanol–water partition coefficient (Wildman–Crippen LogP) is 3.58. The molecule has 1 N–H and O–H groups in total. The molecule has 0 radical (unpaired) electrons. The van der Waals surface area contributed by atoms with Crippen LogP contribution in [0.2, 0.25) is 0 Å². The number of piperazine rings is 1. The molecule has 1 aromatic rings. The summed E-state index contributed by atoms with van der Waals surface area (Å²) >= 11 is 0. The number of carbonyl (C=O) groups excluding carboxylic acids is 1. The molecule has 2 unspecified atom stereocenters. The number of amides is 1. The first-order valence-corrected chi connectivity index (χ1v) is 9.77. The van der Waals surface area contributed by atoms with Gasteiger partial charge >= 0.3 is 0 Å². The van der Waals surface area contributed by atoms with Crippen molar-refractivity contribution in [2.75, 3.05) is 39.3 Å². The first-order valence-electron chi connectivity index (χ1n) is 9.77. The van der Waals surface area contributed by atoms with Gasteiger partial charge in [0.25, 0.3) is 0 Å². The number of pyridine rings is 1. The number of carbonyl (C=O) groups is 1. The summed E-state index contributed by atoms with van der Waals surface area (Å²) in [6.07, 6.45) is 6.90. The largest absolute Gasteiger partial charge is 0.340 e. The van der Waals surface area contributed by atoms with E-state index in [-0.39, 0.29) is 37.2 Å². The minimum absolute atomic E-state index is 0. The van der Waals surface area contributed by atoms with Crippen molar-refractivity contribution in [2.45, 2.75) is 39.2 Å². The Morgan fingerprint density at radius 3 is 2.36 bits per heavy atom. The summed E-state index contributed by atoms with van der Waals surface area (Å²) in [6, 6.07) is 4.49. The van der Waals surface area contributed by atoms with Gasteiger partial charge in [0.2, 0.25) is 5.91 Å². The highest BCUT2D eigenvalue weighted by molar-refractivity contribution is 5.86. The molecule has 1 aromatic heterocycles. The Hall–Kier alpha value is -0.590. The molecule has 3 rings (SSSR count). The highest BCUT2D eigenvalue weighted by Gasteiger charge is 2.28. The minimum Gasteiger partial charge on any atom is -0.340 e. The van der Waals surface area contributed by atoms with E-state index in [9.17, 15) is 4.79 Å². The number of nitrogens with zero attached hydrogens (tertiary/aromatic N) is 3. The Bertz CT molecular complexity index is 550. The zero-order valence-electron chi connectivity index (χ0n) is 16.9.